The van der Waals surface area contributed by atoms with Gasteiger partial charge in [-0.2, -0.15) is 0 Å². The molecule has 0 radical (unpaired) electrons. The number of amides is 1. The standard InChI is InChI=1S/C12H17ClN2O2/c1-8-10(13)4-3-5-11(8)15-12(16)6-9(7-14)17-2/h3-5,9H,6-7,14H2,1-2H3,(H,15,16). The van der Waals surface area contributed by atoms with Crippen LogP contribution in [-0.2, 0) is 9.53 Å². The molecule has 0 aliphatic rings. The zero-order valence-electron chi connectivity index (χ0n) is 10.00. The fourth-order valence-electron chi connectivity index (χ4n) is 1.41. The number of hydrogen-bond donors (Lipinski definition) is 2. The quantitative estimate of drug-likeness (QED) is 0.846. The Kier molecular flexibility index (Phi) is 5.41. The second kappa shape index (κ2) is 6.59. The molecule has 1 aromatic rings. The highest BCUT2D eigenvalue weighted by Gasteiger charge is 2.12. The number of carbonyl (C=O) groups is 1. The molecule has 0 aliphatic heterocycles. The maximum Gasteiger partial charge on any atom is 0.227 e. The molecule has 1 amide bonds. The largest absolute Gasteiger partial charge is 0.380 e. The van der Waals surface area contributed by atoms with Gasteiger partial charge in [0.2, 0.25) is 5.91 Å². The Bertz CT molecular complexity index is 392. The summed E-state index contributed by atoms with van der Waals surface area (Å²) in [4.78, 5) is 11.7. The van der Waals surface area contributed by atoms with Crippen LogP contribution in [-0.4, -0.2) is 25.7 Å². The monoisotopic (exact) mass is 256 g/mol. The third-order valence-corrected chi connectivity index (χ3v) is 2.96. The second-order valence-corrected chi connectivity index (χ2v) is 4.17. The van der Waals surface area contributed by atoms with E-state index in [0.29, 0.717) is 11.6 Å². The minimum Gasteiger partial charge on any atom is -0.380 e. The number of nitrogens with one attached hydrogen (secondary N) is 1. The summed E-state index contributed by atoms with van der Waals surface area (Å²) in [6.45, 7) is 2.17. The van der Waals surface area contributed by atoms with Crippen LogP contribution < -0.4 is 11.1 Å². The molecule has 0 heterocycles. The number of benzene rings is 1. The van der Waals surface area contributed by atoms with Crippen molar-refractivity contribution in [1.82, 2.24) is 0 Å². The Morgan fingerprint density at radius 2 is 2.29 bits per heavy atom. The predicted molar refractivity (Wildman–Crippen MR) is 69.3 cm³/mol. The Hall–Kier alpha value is -1.10. The summed E-state index contributed by atoms with van der Waals surface area (Å²) in [6, 6.07) is 5.38. The average molecular weight is 257 g/mol. The maximum atomic E-state index is 11.7. The Morgan fingerprint density at radius 1 is 1.59 bits per heavy atom. The normalized spacial score (nSPS) is 12.2. The minimum atomic E-state index is -0.255. The van der Waals surface area contributed by atoms with E-state index in [4.69, 9.17) is 22.1 Å². The van der Waals surface area contributed by atoms with Gasteiger partial charge in [-0.05, 0) is 24.6 Å². The van der Waals surface area contributed by atoms with Crippen molar-refractivity contribution in [2.24, 2.45) is 5.73 Å². The van der Waals surface area contributed by atoms with Crippen molar-refractivity contribution >= 4 is 23.2 Å². The third-order valence-electron chi connectivity index (χ3n) is 2.55. The lowest BCUT2D eigenvalue weighted by Gasteiger charge is -2.14. The number of methoxy groups -OCH3 is 1. The second-order valence-electron chi connectivity index (χ2n) is 3.76. The van der Waals surface area contributed by atoms with Gasteiger partial charge in [0.05, 0.1) is 12.5 Å². The van der Waals surface area contributed by atoms with E-state index in [0.717, 1.165) is 11.3 Å². The summed E-state index contributed by atoms with van der Waals surface area (Å²) in [6.07, 6.45) is -0.0200. The Labute approximate surface area is 106 Å². The molecular formula is C12H17ClN2O2. The summed E-state index contributed by atoms with van der Waals surface area (Å²) in [7, 11) is 1.54. The molecule has 94 valence electrons. The lowest BCUT2D eigenvalue weighted by molar-refractivity contribution is -0.118. The smallest absolute Gasteiger partial charge is 0.227 e. The summed E-state index contributed by atoms with van der Waals surface area (Å²) >= 11 is 5.96. The van der Waals surface area contributed by atoms with E-state index in [1.807, 2.05) is 13.0 Å². The number of rotatable bonds is 5. The molecule has 0 aliphatic carbocycles. The minimum absolute atomic E-state index is 0.132. The number of hydrogen-bond acceptors (Lipinski definition) is 3. The maximum absolute atomic E-state index is 11.7. The summed E-state index contributed by atoms with van der Waals surface area (Å²) in [5.41, 5.74) is 7.02. The Morgan fingerprint density at radius 3 is 2.88 bits per heavy atom. The average Bonchev–Trinajstić information content (AvgIpc) is 2.32. The molecular weight excluding hydrogens is 240 g/mol. The predicted octanol–water partition coefficient (Wildman–Crippen LogP) is 1.95. The van der Waals surface area contributed by atoms with E-state index < -0.39 is 0 Å². The molecule has 0 aromatic heterocycles. The molecule has 1 atom stereocenters. The van der Waals surface area contributed by atoms with Crippen molar-refractivity contribution in [3.63, 3.8) is 0 Å². The van der Waals surface area contributed by atoms with Crippen LogP contribution in [0.25, 0.3) is 0 Å². The number of nitrogens with two attached hydrogens (primary N) is 1. The number of halogens is 1. The molecule has 17 heavy (non-hydrogen) atoms. The van der Waals surface area contributed by atoms with E-state index in [1.165, 1.54) is 7.11 Å². The number of carbonyl (C=O) groups excluding carboxylic acids is 1. The van der Waals surface area contributed by atoms with Crippen LogP contribution in [0.5, 0.6) is 0 Å². The van der Waals surface area contributed by atoms with Gasteiger partial charge in [-0.3, -0.25) is 4.79 Å². The van der Waals surface area contributed by atoms with Crippen molar-refractivity contribution in [3.8, 4) is 0 Å². The molecule has 0 spiro atoms. The molecule has 3 N–H and O–H groups in total. The van der Waals surface area contributed by atoms with E-state index in [-0.39, 0.29) is 18.4 Å². The first-order valence-electron chi connectivity index (χ1n) is 5.36. The van der Waals surface area contributed by atoms with E-state index in [9.17, 15) is 4.79 Å². The highest BCUT2D eigenvalue weighted by molar-refractivity contribution is 6.31. The van der Waals surface area contributed by atoms with E-state index >= 15 is 0 Å². The van der Waals surface area contributed by atoms with Crippen molar-refractivity contribution in [1.29, 1.82) is 0 Å². The Balaban J connectivity index is 2.65. The topological polar surface area (TPSA) is 64.3 Å². The first-order chi connectivity index (χ1) is 8.08. The number of anilines is 1. The van der Waals surface area contributed by atoms with Crippen LogP contribution in [0.3, 0.4) is 0 Å². The molecule has 0 saturated carbocycles. The fourth-order valence-corrected chi connectivity index (χ4v) is 1.59. The lowest BCUT2D eigenvalue weighted by Crippen LogP contribution is -2.28. The SMILES string of the molecule is COC(CN)CC(=O)Nc1cccc(Cl)c1C. The van der Waals surface area contributed by atoms with Crippen molar-refractivity contribution in [3.05, 3.63) is 28.8 Å². The first-order valence-corrected chi connectivity index (χ1v) is 5.74. The fraction of sp³-hybridized carbons (Fsp3) is 0.417. The molecule has 1 aromatic carbocycles. The van der Waals surface area contributed by atoms with Crippen molar-refractivity contribution in [2.45, 2.75) is 19.4 Å². The summed E-state index contributed by atoms with van der Waals surface area (Å²) in [5, 5.41) is 3.42. The van der Waals surface area contributed by atoms with E-state index in [1.54, 1.807) is 12.1 Å². The van der Waals surface area contributed by atoms with Crippen LogP contribution in [0.2, 0.25) is 5.02 Å². The molecule has 0 bridgehead atoms. The van der Waals surface area contributed by atoms with Gasteiger partial charge >= 0.3 is 0 Å². The molecule has 5 heteroatoms. The zero-order chi connectivity index (χ0) is 12.8. The van der Waals surface area contributed by atoms with Gasteiger partial charge < -0.3 is 15.8 Å². The molecule has 1 unspecified atom stereocenters. The highest BCUT2D eigenvalue weighted by Crippen LogP contribution is 2.23. The van der Waals surface area contributed by atoms with Crippen LogP contribution in [0.1, 0.15) is 12.0 Å². The van der Waals surface area contributed by atoms with Gasteiger partial charge in [-0.25, -0.2) is 0 Å². The summed E-state index contributed by atoms with van der Waals surface area (Å²) < 4.78 is 5.05. The van der Waals surface area contributed by atoms with Gasteiger partial charge in [0.15, 0.2) is 0 Å². The number of ether oxygens (including phenoxy) is 1. The van der Waals surface area contributed by atoms with Gasteiger partial charge in [0.25, 0.3) is 0 Å². The molecule has 0 saturated heterocycles. The van der Waals surface area contributed by atoms with Crippen molar-refractivity contribution < 1.29 is 9.53 Å². The van der Waals surface area contributed by atoms with Crippen LogP contribution >= 0.6 is 11.6 Å². The lowest BCUT2D eigenvalue weighted by atomic mass is 10.2. The molecule has 0 fully saturated rings. The molecule has 1 rings (SSSR count). The highest BCUT2D eigenvalue weighted by atomic mass is 35.5. The molecule has 4 nitrogen and oxygen atoms in total. The zero-order valence-corrected chi connectivity index (χ0v) is 10.8. The third kappa shape index (κ3) is 4.00. The van der Waals surface area contributed by atoms with Gasteiger partial charge in [0.1, 0.15) is 0 Å². The van der Waals surface area contributed by atoms with Crippen molar-refractivity contribution in [2.75, 3.05) is 19.0 Å². The van der Waals surface area contributed by atoms with Crippen LogP contribution in [0.15, 0.2) is 18.2 Å². The van der Waals surface area contributed by atoms with Gasteiger partial charge in [-0.15, -0.1) is 0 Å². The van der Waals surface area contributed by atoms with Crippen LogP contribution in [0.4, 0.5) is 5.69 Å². The first kappa shape index (κ1) is 14.0. The summed E-state index contributed by atoms with van der Waals surface area (Å²) in [5.74, 6) is -0.132. The van der Waals surface area contributed by atoms with Crippen LogP contribution in [0, 0.1) is 6.92 Å². The van der Waals surface area contributed by atoms with Gasteiger partial charge in [0, 0.05) is 24.4 Å². The van der Waals surface area contributed by atoms with E-state index in [2.05, 4.69) is 5.32 Å². The van der Waals surface area contributed by atoms with Gasteiger partial charge in [-0.1, -0.05) is 17.7 Å².